The molecule has 1 amide bonds. The second-order valence-corrected chi connectivity index (χ2v) is 7.81. The highest BCUT2D eigenvalue weighted by atomic mass is 35.5. The standard InChI is InChI=1S/C15H16Cl4N2O/c1-14(9-15(14,18)19)13(22)21-20-12(3-2-8-16)10-4-6-11(17)7-5-10/h4-7H,2-3,8-9H2,1H3,(H,21,22). The monoisotopic (exact) mass is 380 g/mol. The molecule has 0 aromatic heterocycles. The Balaban J connectivity index is 2.12. The van der Waals surface area contributed by atoms with Crippen LogP contribution in [0.15, 0.2) is 29.4 Å². The van der Waals surface area contributed by atoms with Gasteiger partial charge in [-0.3, -0.25) is 4.79 Å². The van der Waals surface area contributed by atoms with Crippen LogP contribution in [0.4, 0.5) is 0 Å². The number of amides is 1. The number of nitrogens with zero attached hydrogens (tertiary/aromatic N) is 1. The minimum Gasteiger partial charge on any atom is -0.272 e. The molecule has 1 aliphatic carbocycles. The Labute approximate surface area is 149 Å². The van der Waals surface area contributed by atoms with Crippen LogP contribution in [0.3, 0.4) is 0 Å². The largest absolute Gasteiger partial charge is 0.272 e. The molecule has 3 nitrogen and oxygen atoms in total. The van der Waals surface area contributed by atoms with Crippen molar-refractivity contribution in [2.75, 3.05) is 5.88 Å². The fourth-order valence-electron chi connectivity index (χ4n) is 2.03. The Bertz CT molecular complexity index is 586. The molecule has 0 radical (unpaired) electrons. The topological polar surface area (TPSA) is 41.5 Å². The van der Waals surface area contributed by atoms with Crippen molar-refractivity contribution >= 4 is 58.0 Å². The average molecular weight is 382 g/mol. The first-order valence-electron chi connectivity index (χ1n) is 6.87. The summed E-state index contributed by atoms with van der Waals surface area (Å²) in [6.07, 6.45) is 1.82. The van der Waals surface area contributed by atoms with E-state index >= 15 is 0 Å². The molecule has 0 heterocycles. The van der Waals surface area contributed by atoms with Gasteiger partial charge in [0, 0.05) is 10.9 Å². The third-order valence-electron chi connectivity index (χ3n) is 3.78. The number of rotatable bonds is 6. The molecule has 2 rings (SSSR count). The molecule has 1 aliphatic rings. The van der Waals surface area contributed by atoms with Gasteiger partial charge in [-0.1, -0.05) is 23.7 Å². The van der Waals surface area contributed by atoms with Gasteiger partial charge < -0.3 is 0 Å². The van der Waals surface area contributed by atoms with Crippen LogP contribution in [0.2, 0.25) is 5.02 Å². The summed E-state index contributed by atoms with van der Waals surface area (Å²) >= 11 is 23.6. The number of carbonyl (C=O) groups is 1. The molecule has 1 aromatic carbocycles. The molecule has 22 heavy (non-hydrogen) atoms. The molecule has 0 bridgehead atoms. The number of alkyl halides is 3. The Morgan fingerprint density at radius 1 is 1.32 bits per heavy atom. The molecule has 0 spiro atoms. The van der Waals surface area contributed by atoms with Crippen LogP contribution < -0.4 is 5.43 Å². The molecule has 1 saturated carbocycles. The highest BCUT2D eigenvalue weighted by Gasteiger charge is 2.68. The zero-order valence-electron chi connectivity index (χ0n) is 12.0. The van der Waals surface area contributed by atoms with Crippen LogP contribution in [0.1, 0.15) is 31.7 Å². The van der Waals surface area contributed by atoms with Crippen LogP contribution in [-0.2, 0) is 4.79 Å². The van der Waals surface area contributed by atoms with Crippen LogP contribution in [0.5, 0.6) is 0 Å². The van der Waals surface area contributed by atoms with E-state index in [-0.39, 0.29) is 5.91 Å². The number of hydrogen-bond acceptors (Lipinski definition) is 2. The molecule has 1 aromatic rings. The second-order valence-electron chi connectivity index (χ2n) is 5.51. The van der Waals surface area contributed by atoms with E-state index < -0.39 is 9.75 Å². The predicted molar refractivity (Wildman–Crippen MR) is 93.2 cm³/mol. The lowest BCUT2D eigenvalue weighted by Crippen LogP contribution is -2.30. The van der Waals surface area contributed by atoms with E-state index in [4.69, 9.17) is 46.4 Å². The zero-order chi connectivity index (χ0) is 16.4. The molecule has 1 fully saturated rings. The lowest BCUT2D eigenvalue weighted by Gasteiger charge is -2.11. The van der Waals surface area contributed by atoms with Gasteiger partial charge in [-0.25, -0.2) is 5.43 Å². The van der Waals surface area contributed by atoms with Gasteiger partial charge in [0.05, 0.1) is 11.1 Å². The fraction of sp³-hybridized carbons (Fsp3) is 0.467. The second kappa shape index (κ2) is 6.96. The van der Waals surface area contributed by atoms with E-state index in [1.165, 1.54) is 0 Å². The number of hydrazone groups is 1. The third kappa shape index (κ3) is 3.88. The molecule has 1 unspecified atom stereocenters. The first-order chi connectivity index (χ1) is 10.3. The summed E-state index contributed by atoms with van der Waals surface area (Å²) < 4.78 is -1.01. The lowest BCUT2D eigenvalue weighted by molar-refractivity contribution is -0.125. The van der Waals surface area contributed by atoms with Crippen molar-refractivity contribution in [1.29, 1.82) is 0 Å². The molecule has 1 atom stereocenters. The molecule has 0 saturated heterocycles. The molecule has 7 heteroatoms. The highest BCUT2D eigenvalue weighted by Crippen LogP contribution is 2.63. The average Bonchev–Trinajstić information content (AvgIpc) is 3.00. The first kappa shape index (κ1) is 17.9. The normalized spacial score (nSPS) is 23.2. The Kier molecular flexibility index (Phi) is 5.65. The summed E-state index contributed by atoms with van der Waals surface area (Å²) in [5.41, 5.74) is 3.40. The van der Waals surface area contributed by atoms with Gasteiger partial charge in [-0.05, 0) is 43.9 Å². The van der Waals surface area contributed by atoms with E-state index in [0.29, 0.717) is 23.7 Å². The lowest BCUT2D eigenvalue weighted by atomic mass is 10.1. The van der Waals surface area contributed by atoms with Crippen molar-refractivity contribution in [2.45, 2.75) is 30.5 Å². The summed E-state index contributed by atoms with van der Waals surface area (Å²) in [7, 11) is 0. The number of halogens is 4. The summed E-state index contributed by atoms with van der Waals surface area (Å²) in [6, 6.07) is 7.26. The van der Waals surface area contributed by atoms with Crippen LogP contribution >= 0.6 is 46.4 Å². The zero-order valence-corrected chi connectivity index (χ0v) is 15.0. The Hall–Kier alpha value is -0.480. The number of benzene rings is 1. The molecule has 0 aliphatic heterocycles. The van der Waals surface area contributed by atoms with Gasteiger partial charge in [0.25, 0.3) is 0 Å². The van der Waals surface area contributed by atoms with Crippen molar-refractivity contribution in [3.8, 4) is 0 Å². The van der Waals surface area contributed by atoms with Crippen molar-refractivity contribution < 1.29 is 4.79 Å². The van der Waals surface area contributed by atoms with E-state index in [2.05, 4.69) is 10.5 Å². The summed E-state index contributed by atoms with van der Waals surface area (Å²) in [5, 5.41) is 4.87. The minimum atomic E-state index is -1.01. The van der Waals surface area contributed by atoms with Crippen LogP contribution in [0, 0.1) is 5.41 Å². The maximum Gasteiger partial charge on any atom is 0.249 e. The van der Waals surface area contributed by atoms with Gasteiger partial charge in [0.15, 0.2) is 0 Å². The van der Waals surface area contributed by atoms with E-state index in [1.807, 2.05) is 12.1 Å². The first-order valence-corrected chi connectivity index (χ1v) is 8.54. The molecular formula is C15H16Cl4N2O. The van der Waals surface area contributed by atoms with Crippen LogP contribution in [0.25, 0.3) is 0 Å². The van der Waals surface area contributed by atoms with Gasteiger partial charge in [0.2, 0.25) is 5.91 Å². The smallest absolute Gasteiger partial charge is 0.249 e. The van der Waals surface area contributed by atoms with Crippen molar-refractivity contribution in [2.24, 2.45) is 10.5 Å². The van der Waals surface area contributed by atoms with Crippen molar-refractivity contribution in [3.05, 3.63) is 34.9 Å². The van der Waals surface area contributed by atoms with Crippen molar-refractivity contribution in [3.63, 3.8) is 0 Å². The maximum absolute atomic E-state index is 12.2. The van der Waals surface area contributed by atoms with Gasteiger partial charge in [-0.2, -0.15) is 5.10 Å². The van der Waals surface area contributed by atoms with Crippen molar-refractivity contribution in [1.82, 2.24) is 5.43 Å². The van der Waals surface area contributed by atoms with E-state index in [0.717, 1.165) is 17.7 Å². The fourth-order valence-corrected chi connectivity index (χ4v) is 2.99. The SMILES string of the molecule is CC1(C(=O)NN=C(CCCCl)c2ccc(Cl)cc2)CC1(Cl)Cl. The number of hydrogen-bond donors (Lipinski definition) is 1. The maximum atomic E-state index is 12.2. The molecular weight excluding hydrogens is 366 g/mol. The minimum absolute atomic E-state index is 0.283. The third-order valence-corrected chi connectivity index (χ3v) is 5.40. The van der Waals surface area contributed by atoms with Gasteiger partial charge >= 0.3 is 0 Å². The summed E-state index contributed by atoms with van der Waals surface area (Å²) in [5.74, 6) is 0.236. The predicted octanol–water partition coefficient (Wildman–Crippen LogP) is 4.76. The van der Waals surface area contributed by atoms with Gasteiger partial charge in [0.1, 0.15) is 4.33 Å². The van der Waals surface area contributed by atoms with Gasteiger partial charge in [-0.15, -0.1) is 34.8 Å². The number of carbonyl (C=O) groups excluding carboxylic acids is 1. The quantitative estimate of drug-likeness (QED) is 0.430. The highest BCUT2D eigenvalue weighted by molar-refractivity contribution is 6.53. The van der Waals surface area contributed by atoms with E-state index in [1.54, 1.807) is 19.1 Å². The Morgan fingerprint density at radius 2 is 1.91 bits per heavy atom. The number of nitrogens with one attached hydrogen (secondary N) is 1. The van der Waals surface area contributed by atoms with Crippen LogP contribution in [-0.4, -0.2) is 21.8 Å². The molecule has 120 valence electrons. The summed E-state index contributed by atoms with van der Waals surface area (Å²) in [6.45, 7) is 1.72. The summed E-state index contributed by atoms with van der Waals surface area (Å²) in [4.78, 5) is 12.2. The Morgan fingerprint density at radius 3 is 2.41 bits per heavy atom. The molecule has 1 N–H and O–H groups in total. The van der Waals surface area contributed by atoms with E-state index in [9.17, 15) is 4.79 Å².